The predicted molar refractivity (Wildman–Crippen MR) is 89.2 cm³/mol. The lowest BCUT2D eigenvalue weighted by molar-refractivity contribution is 0.0121. The van der Waals surface area contributed by atoms with Gasteiger partial charge in [0.25, 0.3) is 0 Å². The minimum atomic E-state index is 0.282. The monoisotopic (exact) mass is 296 g/mol. The van der Waals surface area contributed by atoms with Crippen molar-refractivity contribution in [2.24, 2.45) is 23.0 Å². The minimum Gasteiger partial charge on any atom is -0.395 e. The minimum absolute atomic E-state index is 0.282. The van der Waals surface area contributed by atoms with Crippen LogP contribution in [0, 0.1) is 17.3 Å². The Morgan fingerprint density at radius 1 is 1.10 bits per heavy atom. The van der Waals surface area contributed by atoms with Crippen LogP contribution in [-0.4, -0.2) is 41.8 Å². The molecule has 2 fully saturated rings. The summed E-state index contributed by atoms with van der Waals surface area (Å²) in [5.41, 5.74) is 6.48. The van der Waals surface area contributed by atoms with E-state index < -0.39 is 0 Å². The first kappa shape index (κ1) is 17.2. The van der Waals surface area contributed by atoms with Gasteiger partial charge in [-0.2, -0.15) is 0 Å². The Morgan fingerprint density at radius 2 is 1.76 bits per heavy atom. The molecule has 0 aromatic rings. The van der Waals surface area contributed by atoms with E-state index in [1.165, 1.54) is 44.9 Å². The van der Waals surface area contributed by atoms with Crippen molar-refractivity contribution in [2.45, 2.75) is 77.8 Å². The normalized spacial score (nSPS) is 32.0. The van der Waals surface area contributed by atoms with Gasteiger partial charge >= 0.3 is 0 Å². The average molecular weight is 296 g/mol. The SMILES string of the molecule is CC(C)(C)C1CCC(CN)C(N(CCO)C2CCCC2)C1. The maximum absolute atomic E-state index is 9.54. The van der Waals surface area contributed by atoms with Crippen LogP contribution in [0.2, 0.25) is 0 Å². The molecule has 0 aromatic heterocycles. The molecular formula is C18H36N2O. The maximum Gasteiger partial charge on any atom is 0.0558 e. The lowest BCUT2D eigenvalue weighted by atomic mass is 9.67. The summed E-state index contributed by atoms with van der Waals surface area (Å²) in [5.74, 6) is 1.41. The Kier molecular flexibility index (Phi) is 6.10. The number of nitrogens with two attached hydrogens (primary N) is 1. The van der Waals surface area contributed by atoms with Crippen molar-refractivity contribution in [3.63, 3.8) is 0 Å². The molecule has 3 atom stereocenters. The maximum atomic E-state index is 9.54. The van der Waals surface area contributed by atoms with Gasteiger partial charge in [0.05, 0.1) is 6.61 Å². The zero-order valence-corrected chi connectivity index (χ0v) is 14.4. The van der Waals surface area contributed by atoms with Gasteiger partial charge in [-0.15, -0.1) is 0 Å². The molecule has 0 amide bonds. The Balaban J connectivity index is 2.12. The Hall–Kier alpha value is -0.120. The van der Waals surface area contributed by atoms with Gasteiger partial charge in [-0.3, -0.25) is 4.90 Å². The molecule has 0 saturated heterocycles. The molecule has 0 heterocycles. The molecule has 0 radical (unpaired) electrons. The van der Waals surface area contributed by atoms with Crippen LogP contribution in [-0.2, 0) is 0 Å². The molecule has 3 nitrogen and oxygen atoms in total. The molecule has 0 aliphatic heterocycles. The van der Waals surface area contributed by atoms with Gasteiger partial charge in [0.2, 0.25) is 0 Å². The van der Waals surface area contributed by atoms with Crippen molar-refractivity contribution in [1.29, 1.82) is 0 Å². The number of hydrogen-bond acceptors (Lipinski definition) is 3. The molecule has 3 heteroatoms. The third-order valence-electron chi connectivity index (χ3n) is 6.06. The highest BCUT2D eigenvalue weighted by molar-refractivity contribution is 4.94. The summed E-state index contributed by atoms with van der Waals surface area (Å²) in [5, 5.41) is 9.54. The number of hydrogen-bond donors (Lipinski definition) is 2. The van der Waals surface area contributed by atoms with E-state index in [1.54, 1.807) is 0 Å². The summed E-state index contributed by atoms with van der Waals surface area (Å²) in [6.45, 7) is 9.06. The van der Waals surface area contributed by atoms with Gasteiger partial charge in [-0.1, -0.05) is 33.6 Å². The van der Waals surface area contributed by atoms with E-state index in [4.69, 9.17) is 5.73 Å². The van der Waals surface area contributed by atoms with E-state index >= 15 is 0 Å². The number of rotatable bonds is 5. The third kappa shape index (κ3) is 4.20. The second kappa shape index (κ2) is 7.43. The van der Waals surface area contributed by atoms with Crippen molar-refractivity contribution in [1.82, 2.24) is 4.90 Å². The zero-order chi connectivity index (χ0) is 15.5. The van der Waals surface area contributed by atoms with Crippen molar-refractivity contribution in [3.8, 4) is 0 Å². The average Bonchev–Trinajstić information content (AvgIpc) is 2.97. The van der Waals surface area contributed by atoms with E-state index in [1.807, 2.05) is 0 Å². The summed E-state index contributed by atoms with van der Waals surface area (Å²) >= 11 is 0. The Morgan fingerprint density at radius 3 is 2.29 bits per heavy atom. The zero-order valence-electron chi connectivity index (χ0n) is 14.4. The Bertz CT molecular complexity index is 307. The van der Waals surface area contributed by atoms with Gasteiger partial charge in [-0.05, 0) is 55.9 Å². The Labute approximate surface area is 131 Å². The largest absolute Gasteiger partial charge is 0.395 e. The molecule has 2 saturated carbocycles. The van der Waals surface area contributed by atoms with E-state index in [2.05, 4.69) is 25.7 Å². The molecule has 2 aliphatic carbocycles. The molecule has 124 valence electrons. The van der Waals surface area contributed by atoms with Gasteiger partial charge in [0.1, 0.15) is 0 Å². The van der Waals surface area contributed by atoms with Crippen LogP contribution in [0.5, 0.6) is 0 Å². The fraction of sp³-hybridized carbons (Fsp3) is 1.00. The smallest absolute Gasteiger partial charge is 0.0558 e. The molecule has 0 bridgehead atoms. The highest BCUT2D eigenvalue weighted by Gasteiger charge is 2.40. The molecule has 2 aliphatic rings. The quantitative estimate of drug-likeness (QED) is 0.820. The van der Waals surface area contributed by atoms with Crippen LogP contribution in [0.4, 0.5) is 0 Å². The van der Waals surface area contributed by atoms with E-state index in [-0.39, 0.29) is 6.61 Å². The second-order valence-corrected chi connectivity index (χ2v) is 8.34. The molecule has 0 spiro atoms. The van der Waals surface area contributed by atoms with Crippen LogP contribution in [0.15, 0.2) is 0 Å². The summed E-state index contributed by atoms with van der Waals surface area (Å²) in [6.07, 6.45) is 9.19. The number of nitrogens with zero attached hydrogens (tertiary/aromatic N) is 1. The first-order valence-corrected chi connectivity index (χ1v) is 9.04. The lowest BCUT2D eigenvalue weighted by Crippen LogP contribution is -2.52. The molecular weight excluding hydrogens is 260 g/mol. The molecule has 0 aromatic carbocycles. The van der Waals surface area contributed by atoms with Crippen molar-refractivity contribution < 1.29 is 5.11 Å². The van der Waals surface area contributed by atoms with Crippen LogP contribution >= 0.6 is 0 Å². The van der Waals surface area contributed by atoms with Gasteiger partial charge in [0.15, 0.2) is 0 Å². The van der Waals surface area contributed by atoms with Crippen LogP contribution < -0.4 is 5.73 Å². The fourth-order valence-electron chi connectivity index (χ4n) is 4.65. The van der Waals surface area contributed by atoms with E-state index in [0.29, 0.717) is 23.4 Å². The first-order valence-electron chi connectivity index (χ1n) is 9.04. The second-order valence-electron chi connectivity index (χ2n) is 8.34. The lowest BCUT2D eigenvalue weighted by Gasteiger charge is -2.48. The van der Waals surface area contributed by atoms with Crippen LogP contribution in [0.3, 0.4) is 0 Å². The molecule has 21 heavy (non-hydrogen) atoms. The highest BCUT2D eigenvalue weighted by atomic mass is 16.3. The topological polar surface area (TPSA) is 49.5 Å². The van der Waals surface area contributed by atoms with Crippen LogP contribution in [0.25, 0.3) is 0 Å². The summed E-state index contributed by atoms with van der Waals surface area (Å²) in [4.78, 5) is 2.64. The summed E-state index contributed by atoms with van der Waals surface area (Å²) in [6, 6.07) is 1.28. The van der Waals surface area contributed by atoms with Gasteiger partial charge in [0, 0.05) is 18.6 Å². The number of aliphatic hydroxyl groups excluding tert-OH is 1. The van der Waals surface area contributed by atoms with Gasteiger partial charge in [-0.25, -0.2) is 0 Å². The molecule has 3 unspecified atom stereocenters. The molecule has 2 rings (SSSR count). The van der Waals surface area contributed by atoms with Crippen molar-refractivity contribution in [3.05, 3.63) is 0 Å². The fourth-order valence-corrected chi connectivity index (χ4v) is 4.65. The first-order chi connectivity index (χ1) is 9.97. The standard InChI is InChI=1S/C18H36N2O/c1-18(2,3)15-9-8-14(13-19)17(12-15)20(10-11-21)16-6-4-5-7-16/h14-17,21H,4-13,19H2,1-3H3. The molecule has 3 N–H and O–H groups in total. The van der Waals surface area contributed by atoms with E-state index in [9.17, 15) is 5.11 Å². The summed E-state index contributed by atoms with van der Waals surface area (Å²) in [7, 11) is 0. The van der Waals surface area contributed by atoms with Crippen molar-refractivity contribution in [2.75, 3.05) is 19.7 Å². The third-order valence-corrected chi connectivity index (χ3v) is 6.06. The van der Waals surface area contributed by atoms with Crippen molar-refractivity contribution >= 4 is 0 Å². The highest BCUT2D eigenvalue weighted by Crippen LogP contribution is 2.42. The summed E-state index contributed by atoms with van der Waals surface area (Å²) < 4.78 is 0. The van der Waals surface area contributed by atoms with Crippen LogP contribution in [0.1, 0.15) is 65.7 Å². The van der Waals surface area contributed by atoms with Gasteiger partial charge < -0.3 is 10.8 Å². The van der Waals surface area contributed by atoms with E-state index in [0.717, 1.165) is 19.0 Å². The number of aliphatic hydroxyl groups is 1. The predicted octanol–water partition coefficient (Wildman–Crippen LogP) is 3.01.